The molecule has 0 amide bonds. The Hall–Kier alpha value is -0.830. The number of carbonyl (C=O) groups is 1. The fourth-order valence-electron chi connectivity index (χ4n) is 1.90. The third-order valence-electron chi connectivity index (χ3n) is 2.80. The number of hydrogen-bond donors (Lipinski definition) is 1. The highest BCUT2D eigenvalue weighted by atomic mass is 16.5. The molecule has 1 aliphatic heterocycles. The number of carboxylic acids is 1. The summed E-state index contributed by atoms with van der Waals surface area (Å²) in [6, 6.07) is 0. The standard InChI is InChI=1S/C10H14O3/c11-10(12)9-4-8(5-9)3-7-1-2-13-6-7/h3,7,9H,1-2,4-6H2,(H,11,12). The van der Waals surface area contributed by atoms with Crippen LogP contribution in [0.1, 0.15) is 19.3 Å². The number of ether oxygens (including phenoxy) is 1. The first-order valence-corrected chi connectivity index (χ1v) is 4.76. The molecule has 1 heterocycles. The van der Waals surface area contributed by atoms with E-state index in [4.69, 9.17) is 9.84 Å². The maximum atomic E-state index is 10.5. The average Bonchev–Trinajstić information content (AvgIpc) is 2.46. The molecule has 3 nitrogen and oxygen atoms in total. The fourth-order valence-corrected chi connectivity index (χ4v) is 1.90. The zero-order valence-corrected chi connectivity index (χ0v) is 7.53. The van der Waals surface area contributed by atoms with Crippen LogP contribution in [0.5, 0.6) is 0 Å². The van der Waals surface area contributed by atoms with Gasteiger partial charge in [0.1, 0.15) is 0 Å². The van der Waals surface area contributed by atoms with Gasteiger partial charge in [0.15, 0.2) is 0 Å². The van der Waals surface area contributed by atoms with Crippen molar-refractivity contribution in [2.75, 3.05) is 13.2 Å². The minimum absolute atomic E-state index is 0.117. The number of hydrogen-bond acceptors (Lipinski definition) is 2. The Kier molecular flexibility index (Phi) is 2.36. The lowest BCUT2D eigenvalue weighted by Gasteiger charge is -2.26. The van der Waals surface area contributed by atoms with Crippen LogP contribution in [0.4, 0.5) is 0 Å². The predicted octanol–water partition coefficient (Wildman–Crippen LogP) is 1.44. The van der Waals surface area contributed by atoms with E-state index in [2.05, 4.69) is 6.08 Å². The van der Waals surface area contributed by atoms with Crippen LogP contribution in [0, 0.1) is 11.8 Å². The largest absolute Gasteiger partial charge is 0.481 e. The Morgan fingerprint density at radius 3 is 2.85 bits per heavy atom. The van der Waals surface area contributed by atoms with E-state index in [1.54, 1.807) is 0 Å². The van der Waals surface area contributed by atoms with Crippen LogP contribution in [0.2, 0.25) is 0 Å². The van der Waals surface area contributed by atoms with E-state index in [0.29, 0.717) is 5.92 Å². The van der Waals surface area contributed by atoms with Crippen molar-refractivity contribution >= 4 is 5.97 Å². The second-order valence-corrected chi connectivity index (χ2v) is 3.89. The summed E-state index contributed by atoms with van der Waals surface area (Å²) in [5.74, 6) is -0.224. The Morgan fingerprint density at radius 2 is 2.31 bits per heavy atom. The molecule has 1 N–H and O–H groups in total. The monoisotopic (exact) mass is 182 g/mol. The number of aliphatic carboxylic acids is 1. The third kappa shape index (κ3) is 1.91. The molecule has 13 heavy (non-hydrogen) atoms. The van der Waals surface area contributed by atoms with Gasteiger partial charge < -0.3 is 9.84 Å². The lowest BCUT2D eigenvalue weighted by Crippen LogP contribution is -2.24. The van der Waals surface area contributed by atoms with Crippen LogP contribution in [0.3, 0.4) is 0 Å². The summed E-state index contributed by atoms with van der Waals surface area (Å²) in [7, 11) is 0. The van der Waals surface area contributed by atoms with Gasteiger partial charge in [-0.25, -0.2) is 0 Å². The fraction of sp³-hybridized carbons (Fsp3) is 0.700. The molecule has 2 fully saturated rings. The third-order valence-corrected chi connectivity index (χ3v) is 2.80. The summed E-state index contributed by atoms with van der Waals surface area (Å²) < 4.78 is 5.24. The molecule has 1 unspecified atom stereocenters. The summed E-state index contributed by atoms with van der Waals surface area (Å²) in [5, 5.41) is 8.66. The molecular formula is C10H14O3. The molecule has 1 aliphatic carbocycles. The van der Waals surface area contributed by atoms with Gasteiger partial charge in [-0.15, -0.1) is 0 Å². The molecule has 0 spiro atoms. The zero-order valence-electron chi connectivity index (χ0n) is 7.53. The van der Waals surface area contributed by atoms with Gasteiger partial charge in [0, 0.05) is 12.5 Å². The molecule has 2 rings (SSSR count). The molecule has 3 heteroatoms. The van der Waals surface area contributed by atoms with E-state index in [1.807, 2.05) is 0 Å². The Bertz CT molecular complexity index is 231. The van der Waals surface area contributed by atoms with Crippen LogP contribution in [0.25, 0.3) is 0 Å². The van der Waals surface area contributed by atoms with Crippen LogP contribution in [-0.2, 0) is 9.53 Å². The van der Waals surface area contributed by atoms with E-state index in [0.717, 1.165) is 32.5 Å². The number of allylic oxidation sites excluding steroid dienone is 1. The van der Waals surface area contributed by atoms with Crippen molar-refractivity contribution in [2.24, 2.45) is 11.8 Å². The van der Waals surface area contributed by atoms with Gasteiger partial charge in [-0.3, -0.25) is 4.79 Å². The molecule has 0 aromatic rings. The van der Waals surface area contributed by atoms with Crippen molar-refractivity contribution in [1.82, 2.24) is 0 Å². The van der Waals surface area contributed by atoms with E-state index in [9.17, 15) is 4.79 Å². The second kappa shape index (κ2) is 3.50. The first-order chi connectivity index (χ1) is 6.25. The molecule has 1 saturated carbocycles. The van der Waals surface area contributed by atoms with Gasteiger partial charge in [-0.1, -0.05) is 11.6 Å². The summed E-state index contributed by atoms with van der Waals surface area (Å²) in [6.45, 7) is 1.68. The van der Waals surface area contributed by atoms with Gasteiger partial charge in [-0.05, 0) is 19.3 Å². The van der Waals surface area contributed by atoms with Crippen molar-refractivity contribution in [3.8, 4) is 0 Å². The molecule has 2 aliphatic rings. The number of rotatable bonds is 2. The first-order valence-electron chi connectivity index (χ1n) is 4.76. The van der Waals surface area contributed by atoms with Crippen LogP contribution in [0.15, 0.2) is 11.6 Å². The summed E-state index contributed by atoms with van der Waals surface area (Å²) in [4.78, 5) is 10.5. The molecule has 0 aromatic carbocycles. The summed E-state index contributed by atoms with van der Waals surface area (Å²) in [6.07, 6.45) is 4.82. The van der Waals surface area contributed by atoms with E-state index >= 15 is 0 Å². The van der Waals surface area contributed by atoms with Crippen molar-refractivity contribution in [2.45, 2.75) is 19.3 Å². The van der Waals surface area contributed by atoms with Crippen LogP contribution < -0.4 is 0 Å². The maximum absolute atomic E-state index is 10.5. The normalized spacial score (nSPS) is 32.8. The van der Waals surface area contributed by atoms with Crippen LogP contribution in [-0.4, -0.2) is 24.3 Å². The molecule has 0 aromatic heterocycles. The highest BCUT2D eigenvalue weighted by Gasteiger charge is 2.30. The second-order valence-electron chi connectivity index (χ2n) is 3.89. The molecule has 0 radical (unpaired) electrons. The molecule has 72 valence electrons. The highest BCUT2D eigenvalue weighted by molar-refractivity contribution is 5.72. The molecule has 0 bridgehead atoms. The van der Waals surface area contributed by atoms with Gasteiger partial charge in [0.2, 0.25) is 0 Å². The van der Waals surface area contributed by atoms with Crippen molar-refractivity contribution in [3.63, 3.8) is 0 Å². The smallest absolute Gasteiger partial charge is 0.307 e. The topological polar surface area (TPSA) is 46.5 Å². The van der Waals surface area contributed by atoms with E-state index in [-0.39, 0.29) is 5.92 Å². The molecule has 1 atom stereocenters. The first kappa shape index (κ1) is 8.75. The van der Waals surface area contributed by atoms with Crippen molar-refractivity contribution in [1.29, 1.82) is 0 Å². The number of carboxylic acid groups (broad SMARTS) is 1. The van der Waals surface area contributed by atoms with Gasteiger partial charge in [-0.2, -0.15) is 0 Å². The van der Waals surface area contributed by atoms with E-state index in [1.165, 1.54) is 5.57 Å². The lowest BCUT2D eigenvalue weighted by atomic mass is 9.78. The van der Waals surface area contributed by atoms with Crippen LogP contribution >= 0.6 is 0 Å². The quantitative estimate of drug-likeness (QED) is 0.657. The minimum atomic E-state index is -0.653. The van der Waals surface area contributed by atoms with Gasteiger partial charge >= 0.3 is 5.97 Å². The SMILES string of the molecule is O=C(O)C1CC(=CC2CCOC2)C1. The van der Waals surface area contributed by atoms with Gasteiger partial charge in [0.25, 0.3) is 0 Å². The van der Waals surface area contributed by atoms with Crippen molar-refractivity contribution < 1.29 is 14.6 Å². The average molecular weight is 182 g/mol. The Morgan fingerprint density at radius 1 is 1.54 bits per heavy atom. The zero-order chi connectivity index (χ0) is 9.26. The Labute approximate surface area is 77.4 Å². The van der Waals surface area contributed by atoms with E-state index < -0.39 is 5.97 Å². The predicted molar refractivity (Wildman–Crippen MR) is 47.4 cm³/mol. The Balaban J connectivity index is 1.81. The highest BCUT2D eigenvalue weighted by Crippen LogP contribution is 2.34. The lowest BCUT2D eigenvalue weighted by molar-refractivity contribution is -0.143. The molecular weight excluding hydrogens is 168 g/mol. The minimum Gasteiger partial charge on any atom is -0.481 e. The summed E-state index contributed by atoms with van der Waals surface area (Å²) in [5.41, 5.74) is 1.31. The molecule has 1 saturated heterocycles. The van der Waals surface area contributed by atoms with Crippen molar-refractivity contribution in [3.05, 3.63) is 11.6 Å². The summed E-state index contributed by atoms with van der Waals surface area (Å²) >= 11 is 0. The maximum Gasteiger partial charge on any atom is 0.307 e. The van der Waals surface area contributed by atoms with Gasteiger partial charge in [0.05, 0.1) is 12.5 Å².